The topological polar surface area (TPSA) is 77.2 Å². The average Bonchev–Trinajstić information content (AvgIpc) is 3.32. The molecular weight excluding hydrogens is 348 g/mol. The number of aromatic amines is 1. The van der Waals surface area contributed by atoms with Crippen molar-refractivity contribution < 1.29 is 4.79 Å². The van der Waals surface area contributed by atoms with E-state index in [9.17, 15) is 4.79 Å². The molecule has 26 heavy (non-hydrogen) atoms. The first-order valence-electron chi connectivity index (χ1n) is 8.97. The van der Waals surface area contributed by atoms with E-state index < -0.39 is 0 Å². The summed E-state index contributed by atoms with van der Waals surface area (Å²) >= 11 is 1.54. The Balaban J connectivity index is 1.31. The summed E-state index contributed by atoms with van der Waals surface area (Å²) in [6.45, 7) is 4.66. The Labute approximate surface area is 155 Å². The van der Waals surface area contributed by atoms with Crippen molar-refractivity contribution in [3.05, 3.63) is 41.2 Å². The quantitative estimate of drug-likeness (QED) is 0.719. The molecule has 2 aliphatic heterocycles. The van der Waals surface area contributed by atoms with Crippen molar-refractivity contribution >= 4 is 33.3 Å². The van der Waals surface area contributed by atoms with Crippen LogP contribution in [-0.4, -0.2) is 58.1 Å². The van der Waals surface area contributed by atoms with Gasteiger partial charge in [0, 0.05) is 43.7 Å². The zero-order valence-electron chi connectivity index (χ0n) is 14.4. The smallest absolute Gasteiger partial charge is 0.274 e. The second-order valence-electron chi connectivity index (χ2n) is 6.74. The highest BCUT2D eigenvalue weighted by Gasteiger charge is 2.29. The molecule has 0 bridgehead atoms. The first-order chi connectivity index (χ1) is 12.8. The van der Waals surface area contributed by atoms with Crippen molar-refractivity contribution in [2.45, 2.75) is 13.0 Å². The summed E-state index contributed by atoms with van der Waals surface area (Å²) in [5.41, 5.74) is 2.74. The summed E-state index contributed by atoms with van der Waals surface area (Å²) in [4.78, 5) is 17.1. The van der Waals surface area contributed by atoms with E-state index in [2.05, 4.69) is 43.0 Å². The van der Waals surface area contributed by atoms with E-state index in [1.54, 1.807) is 0 Å². The van der Waals surface area contributed by atoms with Crippen LogP contribution in [0.15, 0.2) is 24.3 Å². The summed E-state index contributed by atoms with van der Waals surface area (Å²) in [5, 5.41) is 11.8. The minimum absolute atomic E-state index is 0.0483. The standard InChI is InChI=1S/C18H20N6OS/c25-18(16-12-5-6-19-11-14(12)20-21-16)24-9-7-23(8-10-24)17-13-3-1-2-4-15(13)26-22-17/h1-4,19H,5-11H2,(H,20,21). The summed E-state index contributed by atoms with van der Waals surface area (Å²) in [5.74, 6) is 1.09. The number of carbonyl (C=O) groups is 1. The summed E-state index contributed by atoms with van der Waals surface area (Å²) in [7, 11) is 0. The maximum absolute atomic E-state index is 12.9. The van der Waals surface area contributed by atoms with Crippen molar-refractivity contribution in [1.29, 1.82) is 0 Å². The van der Waals surface area contributed by atoms with Crippen LogP contribution >= 0.6 is 11.5 Å². The zero-order valence-corrected chi connectivity index (χ0v) is 15.2. The van der Waals surface area contributed by atoms with Crippen LogP contribution in [0.3, 0.4) is 0 Å². The fourth-order valence-electron chi connectivity index (χ4n) is 3.79. The number of amides is 1. The van der Waals surface area contributed by atoms with Gasteiger partial charge in [0.25, 0.3) is 5.91 Å². The van der Waals surface area contributed by atoms with Crippen molar-refractivity contribution in [2.75, 3.05) is 37.6 Å². The number of benzene rings is 1. The molecule has 134 valence electrons. The maximum atomic E-state index is 12.9. The van der Waals surface area contributed by atoms with Crippen LogP contribution < -0.4 is 10.2 Å². The van der Waals surface area contributed by atoms with Gasteiger partial charge in [-0.25, -0.2) is 0 Å². The van der Waals surface area contributed by atoms with Gasteiger partial charge in [-0.05, 0) is 36.6 Å². The molecule has 0 radical (unpaired) electrons. The number of nitrogens with zero attached hydrogens (tertiary/aromatic N) is 4. The second kappa shape index (κ2) is 6.37. The van der Waals surface area contributed by atoms with Crippen LogP contribution in [0.2, 0.25) is 0 Å². The van der Waals surface area contributed by atoms with Gasteiger partial charge in [0.2, 0.25) is 0 Å². The Morgan fingerprint density at radius 1 is 1.15 bits per heavy atom. The number of H-pyrrole nitrogens is 1. The lowest BCUT2D eigenvalue weighted by atomic mass is 10.1. The third-order valence-electron chi connectivity index (χ3n) is 5.23. The first kappa shape index (κ1) is 15.8. The molecule has 2 N–H and O–H groups in total. The molecule has 2 aromatic heterocycles. The average molecular weight is 368 g/mol. The molecule has 0 spiro atoms. The summed E-state index contributed by atoms with van der Waals surface area (Å²) in [6.07, 6.45) is 0.859. The largest absolute Gasteiger partial charge is 0.352 e. The lowest BCUT2D eigenvalue weighted by Crippen LogP contribution is -2.49. The Morgan fingerprint density at radius 3 is 2.88 bits per heavy atom. The predicted molar refractivity (Wildman–Crippen MR) is 102 cm³/mol. The van der Waals surface area contributed by atoms with Crippen molar-refractivity contribution in [2.24, 2.45) is 0 Å². The number of hydrogen-bond acceptors (Lipinski definition) is 6. The Hall–Kier alpha value is -2.45. The van der Waals surface area contributed by atoms with Crippen molar-refractivity contribution in [1.82, 2.24) is 24.8 Å². The number of nitrogens with one attached hydrogen (secondary N) is 2. The molecule has 1 fully saturated rings. The number of anilines is 1. The highest BCUT2D eigenvalue weighted by atomic mass is 32.1. The van der Waals surface area contributed by atoms with Crippen molar-refractivity contribution in [3.63, 3.8) is 0 Å². The Kier molecular flexibility index (Phi) is 3.86. The van der Waals surface area contributed by atoms with Gasteiger partial charge in [-0.2, -0.15) is 9.47 Å². The molecule has 5 rings (SSSR count). The summed E-state index contributed by atoms with van der Waals surface area (Å²) < 4.78 is 5.84. The number of fused-ring (bicyclic) bond motifs is 2. The zero-order chi connectivity index (χ0) is 17.5. The fourth-order valence-corrected chi connectivity index (χ4v) is 4.59. The van der Waals surface area contributed by atoms with Gasteiger partial charge in [-0.1, -0.05) is 12.1 Å². The van der Waals surface area contributed by atoms with Gasteiger partial charge >= 0.3 is 0 Å². The molecule has 1 amide bonds. The fraction of sp³-hybridized carbons (Fsp3) is 0.389. The van der Waals surface area contributed by atoms with E-state index in [-0.39, 0.29) is 5.91 Å². The molecule has 7 nitrogen and oxygen atoms in total. The van der Waals surface area contributed by atoms with Crippen molar-refractivity contribution in [3.8, 4) is 0 Å². The van der Waals surface area contributed by atoms with E-state index >= 15 is 0 Å². The summed E-state index contributed by atoms with van der Waals surface area (Å²) in [6, 6.07) is 8.32. The van der Waals surface area contributed by atoms with Gasteiger partial charge in [-0.15, -0.1) is 0 Å². The van der Waals surface area contributed by atoms with E-state index in [1.165, 1.54) is 21.6 Å². The number of aromatic nitrogens is 3. The van der Waals surface area contributed by atoms with Gasteiger partial charge < -0.3 is 15.1 Å². The monoisotopic (exact) mass is 368 g/mol. The van der Waals surface area contributed by atoms with E-state index in [0.717, 1.165) is 49.7 Å². The molecule has 0 atom stereocenters. The van der Waals surface area contributed by atoms with Gasteiger partial charge in [0.1, 0.15) is 5.82 Å². The van der Waals surface area contributed by atoms with Crippen LogP contribution in [0.5, 0.6) is 0 Å². The maximum Gasteiger partial charge on any atom is 0.274 e. The molecule has 1 aromatic carbocycles. The molecule has 4 heterocycles. The molecule has 2 aliphatic rings. The van der Waals surface area contributed by atoms with Gasteiger partial charge in [-0.3, -0.25) is 9.89 Å². The van der Waals surface area contributed by atoms with Crippen LogP contribution in [0, 0.1) is 0 Å². The van der Waals surface area contributed by atoms with E-state index in [0.29, 0.717) is 18.8 Å². The van der Waals surface area contributed by atoms with Crippen LogP contribution in [0.25, 0.3) is 10.1 Å². The molecule has 1 saturated heterocycles. The second-order valence-corrected chi connectivity index (χ2v) is 7.54. The lowest BCUT2D eigenvalue weighted by Gasteiger charge is -2.35. The third kappa shape index (κ3) is 2.57. The normalized spacial score (nSPS) is 17.5. The molecule has 0 saturated carbocycles. The Bertz CT molecular complexity index is 956. The number of rotatable bonds is 2. The molecule has 0 unspecified atom stereocenters. The van der Waals surface area contributed by atoms with Gasteiger partial charge in [0.15, 0.2) is 5.69 Å². The highest BCUT2D eigenvalue weighted by Crippen LogP contribution is 2.30. The van der Waals surface area contributed by atoms with Crippen LogP contribution in [0.4, 0.5) is 5.82 Å². The van der Waals surface area contributed by atoms with Gasteiger partial charge in [0.05, 0.1) is 10.4 Å². The van der Waals surface area contributed by atoms with E-state index in [1.807, 2.05) is 11.0 Å². The first-order valence-corrected chi connectivity index (χ1v) is 9.74. The molecule has 0 aliphatic carbocycles. The number of carbonyl (C=O) groups excluding carboxylic acids is 1. The predicted octanol–water partition coefficient (Wildman–Crippen LogP) is 1.63. The number of hydrogen-bond donors (Lipinski definition) is 2. The van der Waals surface area contributed by atoms with Crippen LogP contribution in [-0.2, 0) is 13.0 Å². The third-order valence-corrected chi connectivity index (χ3v) is 6.05. The lowest BCUT2D eigenvalue weighted by molar-refractivity contribution is 0.0739. The van der Waals surface area contributed by atoms with Crippen LogP contribution in [0.1, 0.15) is 21.7 Å². The Morgan fingerprint density at radius 2 is 2.00 bits per heavy atom. The highest BCUT2D eigenvalue weighted by molar-refractivity contribution is 7.13. The SMILES string of the molecule is O=C(c1n[nH]c2c1CCNC2)N1CCN(c2nsc3ccccc23)CC1. The molecule has 3 aromatic rings. The number of piperazine rings is 1. The minimum Gasteiger partial charge on any atom is -0.352 e. The minimum atomic E-state index is 0.0483. The van der Waals surface area contributed by atoms with E-state index in [4.69, 9.17) is 0 Å². The molecular formula is C18H20N6OS. The molecule has 8 heteroatoms.